The molecule has 0 saturated heterocycles. The number of methoxy groups -OCH3 is 2. The van der Waals surface area contributed by atoms with Crippen LogP contribution < -0.4 is 0 Å². The number of rotatable bonds is 2. The van der Waals surface area contributed by atoms with Crippen molar-refractivity contribution in [3.8, 4) is 0 Å². The fourth-order valence-corrected chi connectivity index (χ4v) is 6.44. The number of alkyl halides is 4. The first kappa shape index (κ1) is 17.7. The highest BCUT2D eigenvalue weighted by Crippen LogP contribution is 2.67. The Morgan fingerprint density at radius 3 is 1.74 bits per heavy atom. The lowest BCUT2D eigenvalue weighted by molar-refractivity contribution is -0.178. The van der Waals surface area contributed by atoms with Crippen LogP contribution in [0.4, 0.5) is 0 Å². The van der Waals surface area contributed by atoms with Gasteiger partial charge >= 0.3 is 11.9 Å². The molecule has 4 aliphatic carbocycles. The summed E-state index contributed by atoms with van der Waals surface area (Å²) < 4.78 is 8.30. The maximum absolute atomic E-state index is 12.3. The smallest absolute Gasteiger partial charge is 0.310 e. The third-order valence-electron chi connectivity index (χ3n) is 5.56. The topological polar surface area (TPSA) is 52.6 Å². The van der Waals surface area contributed by atoms with E-state index < -0.39 is 27.6 Å². The molecule has 0 N–H and O–H groups in total. The zero-order valence-electron chi connectivity index (χ0n) is 12.4. The molecule has 0 spiro atoms. The molecule has 0 aromatic heterocycles. The van der Waals surface area contributed by atoms with Crippen LogP contribution in [0.2, 0.25) is 0 Å². The average molecular weight is 402 g/mol. The van der Waals surface area contributed by atoms with Gasteiger partial charge in [0, 0.05) is 11.3 Å². The molecule has 4 nitrogen and oxygen atoms in total. The molecule has 4 aliphatic rings. The fourth-order valence-electron chi connectivity index (χ4n) is 4.71. The van der Waals surface area contributed by atoms with Gasteiger partial charge in [-0.1, -0.05) is 47.0 Å². The lowest BCUT2D eigenvalue weighted by Crippen LogP contribution is -2.67. The maximum atomic E-state index is 12.3. The highest BCUT2D eigenvalue weighted by Gasteiger charge is 2.69. The zero-order chi connectivity index (χ0) is 17.1. The van der Waals surface area contributed by atoms with Gasteiger partial charge in [0.1, 0.15) is 0 Å². The number of fused-ring (bicyclic) bond motifs is 1. The Labute approximate surface area is 154 Å². The Hall–Kier alpha value is -0.160. The van der Waals surface area contributed by atoms with E-state index in [2.05, 4.69) is 0 Å². The summed E-state index contributed by atoms with van der Waals surface area (Å²) in [6.45, 7) is 0. The number of carbonyl (C=O) groups excluding carboxylic acids is 2. The number of hydrogen-bond acceptors (Lipinski definition) is 4. The Bertz CT molecular complexity index is 558. The Balaban J connectivity index is 2.01. The van der Waals surface area contributed by atoms with Crippen LogP contribution in [0.15, 0.2) is 12.2 Å². The van der Waals surface area contributed by atoms with E-state index in [0.717, 1.165) is 0 Å². The molecule has 0 aromatic carbocycles. The number of esters is 2. The Morgan fingerprint density at radius 2 is 1.35 bits per heavy atom. The number of allylic oxidation sites excluding steroid dienone is 2. The summed E-state index contributed by atoms with van der Waals surface area (Å²) in [5.74, 6) is -3.04. The second-order valence-electron chi connectivity index (χ2n) is 6.30. The van der Waals surface area contributed by atoms with Gasteiger partial charge in [0.25, 0.3) is 0 Å². The van der Waals surface area contributed by atoms with Crippen molar-refractivity contribution in [1.29, 1.82) is 0 Å². The van der Waals surface area contributed by atoms with Crippen LogP contribution in [-0.2, 0) is 19.1 Å². The highest BCUT2D eigenvalue weighted by molar-refractivity contribution is 6.68. The lowest BCUT2D eigenvalue weighted by atomic mass is 9.43. The minimum Gasteiger partial charge on any atom is -0.469 e. The lowest BCUT2D eigenvalue weighted by Gasteiger charge is -2.64. The van der Waals surface area contributed by atoms with Crippen molar-refractivity contribution >= 4 is 58.3 Å². The van der Waals surface area contributed by atoms with E-state index in [0.29, 0.717) is 0 Å². The number of halogens is 4. The average Bonchev–Trinajstić information content (AvgIpc) is 2.49. The van der Waals surface area contributed by atoms with Gasteiger partial charge < -0.3 is 9.47 Å². The van der Waals surface area contributed by atoms with Crippen molar-refractivity contribution in [1.82, 2.24) is 0 Å². The van der Waals surface area contributed by atoms with Crippen LogP contribution in [0.25, 0.3) is 0 Å². The molecule has 2 saturated carbocycles. The predicted molar refractivity (Wildman–Crippen MR) is 87.5 cm³/mol. The van der Waals surface area contributed by atoms with Gasteiger partial charge in [-0.3, -0.25) is 9.59 Å². The zero-order valence-corrected chi connectivity index (χ0v) is 15.4. The first-order valence-electron chi connectivity index (χ1n) is 7.28. The van der Waals surface area contributed by atoms with E-state index in [4.69, 9.17) is 55.9 Å². The fraction of sp³-hybridized carbons (Fsp3) is 0.733. The molecule has 0 amide bonds. The van der Waals surface area contributed by atoms with Gasteiger partial charge in [-0.2, -0.15) is 0 Å². The van der Waals surface area contributed by atoms with Crippen molar-refractivity contribution in [2.75, 3.05) is 14.2 Å². The van der Waals surface area contributed by atoms with Gasteiger partial charge in [0.2, 0.25) is 0 Å². The van der Waals surface area contributed by atoms with Crippen molar-refractivity contribution < 1.29 is 19.1 Å². The van der Waals surface area contributed by atoms with Crippen molar-refractivity contribution in [2.45, 2.75) is 9.17 Å². The predicted octanol–water partition coefficient (Wildman–Crippen LogP) is 3.22. The summed E-state index contributed by atoms with van der Waals surface area (Å²) in [6.07, 6.45) is 3.87. The third-order valence-corrected chi connectivity index (χ3v) is 6.87. The van der Waals surface area contributed by atoms with Gasteiger partial charge in [0.15, 0.2) is 3.79 Å². The minimum atomic E-state index is -1.51. The molecule has 0 aromatic rings. The van der Waals surface area contributed by atoms with E-state index in [-0.39, 0.29) is 35.0 Å². The second kappa shape index (κ2) is 5.98. The number of hydrogen-bond donors (Lipinski definition) is 0. The molecule has 0 unspecified atom stereocenters. The molecule has 0 aliphatic heterocycles. The van der Waals surface area contributed by atoms with Crippen LogP contribution in [0.3, 0.4) is 0 Å². The van der Waals surface area contributed by atoms with Crippen LogP contribution in [-0.4, -0.2) is 35.3 Å². The largest absolute Gasteiger partial charge is 0.469 e. The summed E-state index contributed by atoms with van der Waals surface area (Å²) in [7, 11) is 2.61. The molecule has 0 heterocycles. The molecule has 8 atom stereocenters. The Morgan fingerprint density at radius 1 is 0.913 bits per heavy atom. The number of ether oxygens (including phenoxy) is 2. The molecule has 2 fully saturated rings. The summed E-state index contributed by atoms with van der Waals surface area (Å²) in [6, 6.07) is 0. The molecule has 23 heavy (non-hydrogen) atoms. The van der Waals surface area contributed by atoms with Gasteiger partial charge in [-0.15, -0.1) is 11.6 Å². The maximum Gasteiger partial charge on any atom is 0.310 e. The van der Waals surface area contributed by atoms with Crippen molar-refractivity contribution in [3.63, 3.8) is 0 Å². The molecule has 128 valence electrons. The van der Waals surface area contributed by atoms with Gasteiger partial charge in [0.05, 0.1) is 26.1 Å². The molecular weight excluding hydrogens is 386 g/mol. The van der Waals surface area contributed by atoms with E-state index in [1.54, 1.807) is 0 Å². The summed E-state index contributed by atoms with van der Waals surface area (Å²) >= 11 is 24.8. The summed E-state index contributed by atoms with van der Waals surface area (Å²) in [5, 5.41) is -0.365. The standard InChI is InChI=1S/C15H16Cl4O4/c1-22-13(20)9-5-3-4-6(10(9)14(21)23-2)8-7(5)11(12(8)16)15(17,18)19/h3-12H,1-2H3/t5-,6-,7-,8-,9+,10+,11+,12-/m1/s1. The van der Waals surface area contributed by atoms with E-state index in [1.165, 1.54) is 14.2 Å². The molecular formula is C15H16Cl4O4. The molecule has 2 bridgehead atoms. The monoisotopic (exact) mass is 400 g/mol. The highest BCUT2D eigenvalue weighted by atomic mass is 35.6. The quantitative estimate of drug-likeness (QED) is 0.405. The molecule has 8 heteroatoms. The van der Waals surface area contributed by atoms with E-state index >= 15 is 0 Å². The Kier molecular flexibility index (Phi) is 4.59. The normalized spacial score (nSPS) is 44.3. The van der Waals surface area contributed by atoms with Crippen LogP contribution in [0.1, 0.15) is 0 Å². The van der Waals surface area contributed by atoms with E-state index in [1.807, 2.05) is 12.2 Å². The van der Waals surface area contributed by atoms with Gasteiger partial charge in [-0.05, 0) is 23.7 Å². The van der Waals surface area contributed by atoms with Crippen molar-refractivity contribution in [2.24, 2.45) is 41.4 Å². The minimum absolute atomic E-state index is 0.0164. The summed E-state index contributed by atoms with van der Waals surface area (Å²) in [5.41, 5.74) is 0. The van der Waals surface area contributed by atoms with Gasteiger partial charge in [-0.25, -0.2) is 0 Å². The summed E-state index contributed by atoms with van der Waals surface area (Å²) in [4.78, 5) is 24.6. The van der Waals surface area contributed by atoms with Crippen LogP contribution in [0, 0.1) is 41.4 Å². The van der Waals surface area contributed by atoms with Crippen LogP contribution >= 0.6 is 46.4 Å². The second-order valence-corrected chi connectivity index (χ2v) is 9.18. The van der Waals surface area contributed by atoms with Crippen LogP contribution in [0.5, 0.6) is 0 Å². The molecule has 0 radical (unpaired) electrons. The molecule has 4 rings (SSSR count). The van der Waals surface area contributed by atoms with Crippen molar-refractivity contribution in [3.05, 3.63) is 12.2 Å². The first-order chi connectivity index (χ1) is 10.7. The first-order valence-corrected chi connectivity index (χ1v) is 8.85. The SMILES string of the molecule is COC(=O)[C@H]1[C@@H]2C=C[C@@H]([C@@H]1C(=O)OC)[C@@H]1[C@@H]2[C@@H](Cl)[C@H]1C(Cl)(Cl)Cl. The van der Waals surface area contributed by atoms with E-state index in [9.17, 15) is 9.59 Å². The number of carbonyl (C=O) groups is 2. The third kappa shape index (κ3) is 2.48.